The number of hydrogen-bond donors (Lipinski definition) is 0. The van der Waals surface area contributed by atoms with E-state index in [0.29, 0.717) is 0 Å². The molecule has 0 aliphatic rings. The molecule has 178 valence electrons. The minimum atomic E-state index is 0.963. The van der Waals surface area contributed by atoms with Crippen LogP contribution in [0.15, 0.2) is 134 Å². The highest BCUT2D eigenvalue weighted by Crippen LogP contribution is 2.41. The first-order valence-electron chi connectivity index (χ1n) is 12.8. The summed E-state index contributed by atoms with van der Waals surface area (Å²) >= 11 is 0. The lowest BCUT2D eigenvalue weighted by Crippen LogP contribution is -1.99. The molecule has 0 amide bonds. The molecule has 0 spiro atoms. The van der Waals surface area contributed by atoms with Crippen LogP contribution in [0.25, 0.3) is 66.2 Å². The molecule has 4 heteroatoms. The topological polar surface area (TPSA) is 35.6 Å². The number of benzene rings is 4. The maximum absolute atomic E-state index is 4.88. The summed E-state index contributed by atoms with van der Waals surface area (Å²) < 4.78 is 4.71. The van der Waals surface area contributed by atoms with Crippen molar-refractivity contribution in [2.45, 2.75) is 0 Å². The average molecular weight is 487 g/mol. The number of fused-ring (bicyclic) bond motifs is 7. The van der Waals surface area contributed by atoms with E-state index in [1.807, 2.05) is 42.9 Å². The van der Waals surface area contributed by atoms with Gasteiger partial charge in [0.1, 0.15) is 0 Å². The van der Waals surface area contributed by atoms with Gasteiger partial charge < -0.3 is 9.13 Å². The van der Waals surface area contributed by atoms with Crippen molar-refractivity contribution in [1.29, 1.82) is 0 Å². The zero-order valence-electron chi connectivity index (χ0n) is 20.5. The van der Waals surface area contributed by atoms with Crippen LogP contribution in [0, 0.1) is 0 Å². The van der Waals surface area contributed by atoms with E-state index in [9.17, 15) is 0 Å². The van der Waals surface area contributed by atoms with E-state index in [4.69, 9.17) is 4.98 Å². The lowest BCUT2D eigenvalue weighted by Gasteiger charge is -2.12. The first-order valence-corrected chi connectivity index (χ1v) is 12.8. The van der Waals surface area contributed by atoms with E-state index in [2.05, 4.69) is 105 Å². The second-order valence-electron chi connectivity index (χ2n) is 9.54. The molecular formula is C34H22N4. The number of para-hydroxylation sites is 2. The van der Waals surface area contributed by atoms with Crippen molar-refractivity contribution in [2.24, 2.45) is 0 Å². The zero-order valence-corrected chi connectivity index (χ0v) is 20.5. The van der Waals surface area contributed by atoms with Crippen LogP contribution in [-0.4, -0.2) is 19.1 Å². The standard InChI is InChI=1S/C34H22N4/c1-2-9-23(10-3-1)30-19-16-25(22-36-30)38-32-15-7-5-13-27(32)29-18-17-28-26-12-4-6-14-31(26)37(33(28)34(29)38)24-11-8-20-35-21-24/h1-22H. The molecule has 38 heavy (non-hydrogen) atoms. The fraction of sp³-hybridized carbons (Fsp3) is 0. The minimum absolute atomic E-state index is 0.963. The summed E-state index contributed by atoms with van der Waals surface area (Å²) in [6.45, 7) is 0. The Morgan fingerprint density at radius 3 is 1.63 bits per heavy atom. The van der Waals surface area contributed by atoms with Crippen LogP contribution in [0.3, 0.4) is 0 Å². The van der Waals surface area contributed by atoms with Gasteiger partial charge in [0, 0.05) is 33.3 Å². The van der Waals surface area contributed by atoms with Gasteiger partial charge in [0.05, 0.1) is 51.5 Å². The Balaban J connectivity index is 1.52. The van der Waals surface area contributed by atoms with Gasteiger partial charge in [-0.05, 0) is 36.4 Å². The molecule has 0 fully saturated rings. The van der Waals surface area contributed by atoms with Crippen molar-refractivity contribution in [3.8, 4) is 22.6 Å². The molecule has 4 aromatic carbocycles. The Morgan fingerprint density at radius 1 is 0.447 bits per heavy atom. The number of nitrogens with zero attached hydrogens (tertiary/aromatic N) is 4. The second-order valence-corrected chi connectivity index (χ2v) is 9.54. The monoisotopic (exact) mass is 486 g/mol. The summed E-state index contributed by atoms with van der Waals surface area (Å²) in [5, 5.41) is 4.88. The smallest absolute Gasteiger partial charge is 0.0789 e. The van der Waals surface area contributed by atoms with Crippen molar-refractivity contribution in [1.82, 2.24) is 19.1 Å². The van der Waals surface area contributed by atoms with Crippen molar-refractivity contribution >= 4 is 43.6 Å². The minimum Gasteiger partial charge on any atom is -0.306 e. The number of aromatic nitrogens is 4. The highest BCUT2D eigenvalue weighted by atomic mass is 15.1. The Labute approximate surface area is 219 Å². The molecule has 0 bridgehead atoms. The van der Waals surface area contributed by atoms with E-state index in [1.165, 1.54) is 27.1 Å². The molecule has 0 N–H and O–H groups in total. The molecule has 8 aromatic rings. The van der Waals surface area contributed by atoms with Gasteiger partial charge in [-0.2, -0.15) is 0 Å². The summed E-state index contributed by atoms with van der Waals surface area (Å²) in [4.78, 5) is 9.34. The van der Waals surface area contributed by atoms with Crippen LogP contribution in [0.5, 0.6) is 0 Å². The highest BCUT2D eigenvalue weighted by Gasteiger charge is 2.21. The third-order valence-corrected chi connectivity index (χ3v) is 7.45. The van der Waals surface area contributed by atoms with E-state index in [-0.39, 0.29) is 0 Å². The quantitative estimate of drug-likeness (QED) is 0.252. The maximum Gasteiger partial charge on any atom is 0.0789 e. The van der Waals surface area contributed by atoms with Gasteiger partial charge in [0.25, 0.3) is 0 Å². The molecule has 4 nitrogen and oxygen atoms in total. The van der Waals surface area contributed by atoms with Crippen molar-refractivity contribution < 1.29 is 0 Å². The summed E-state index contributed by atoms with van der Waals surface area (Å²) in [7, 11) is 0. The molecule has 4 heterocycles. The summed E-state index contributed by atoms with van der Waals surface area (Å²) in [6, 6.07) is 40.5. The van der Waals surface area contributed by atoms with E-state index in [0.717, 1.165) is 39.2 Å². The predicted octanol–water partition coefficient (Wildman–Crippen LogP) is 8.34. The Hall–Kier alpha value is -5.22. The Bertz CT molecular complexity index is 2100. The van der Waals surface area contributed by atoms with Gasteiger partial charge >= 0.3 is 0 Å². The lowest BCUT2D eigenvalue weighted by molar-refractivity contribution is 1.12. The van der Waals surface area contributed by atoms with E-state index >= 15 is 0 Å². The van der Waals surface area contributed by atoms with Crippen LogP contribution in [0.2, 0.25) is 0 Å². The zero-order chi connectivity index (χ0) is 25.1. The highest BCUT2D eigenvalue weighted by molar-refractivity contribution is 6.23. The molecule has 0 radical (unpaired) electrons. The van der Waals surface area contributed by atoms with Crippen LogP contribution in [0.1, 0.15) is 0 Å². The maximum atomic E-state index is 4.88. The van der Waals surface area contributed by atoms with Gasteiger partial charge in [-0.1, -0.05) is 78.9 Å². The van der Waals surface area contributed by atoms with Gasteiger partial charge in [-0.15, -0.1) is 0 Å². The summed E-state index contributed by atoms with van der Waals surface area (Å²) in [5.41, 5.74) is 8.81. The normalized spacial score (nSPS) is 11.7. The predicted molar refractivity (Wildman–Crippen MR) is 156 cm³/mol. The third-order valence-electron chi connectivity index (χ3n) is 7.45. The first-order chi connectivity index (χ1) is 18.9. The average Bonchev–Trinajstić information content (AvgIpc) is 3.51. The van der Waals surface area contributed by atoms with Gasteiger partial charge in [-0.3, -0.25) is 9.97 Å². The molecular weight excluding hydrogens is 464 g/mol. The number of rotatable bonds is 3. The molecule has 0 unspecified atom stereocenters. The lowest BCUT2D eigenvalue weighted by atomic mass is 10.1. The van der Waals surface area contributed by atoms with Crippen LogP contribution in [0.4, 0.5) is 0 Å². The summed E-state index contributed by atoms with van der Waals surface area (Å²) in [5.74, 6) is 0. The van der Waals surface area contributed by atoms with Crippen LogP contribution >= 0.6 is 0 Å². The number of pyridine rings is 2. The SMILES string of the molecule is c1ccc(-c2ccc(-n3c4ccccc4c4ccc5c6ccccc6n(-c6cccnc6)c5c43)cn2)cc1. The molecule has 8 rings (SSSR count). The molecule has 0 atom stereocenters. The van der Waals surface area contributed by atoms with Gasteiger partial charge in [-0.25, -0.2) is 0 Å². The largest absolute Gasteiger partial charge is 0.306 e. The van der Waals surface area contributed by atoms with Gasteiger partial charge in [0.2, 0.25) is 0 Å². The fourth-order valence-corrected chi connectivity index (χ4v) is 5.82. The molecule has 0 saturated carbocycles. The first kappa shape index (κ1) is 20.9. The van der Waals surface area contributed by atoms with Gasteiger partial charge in [0.15, 0.2) is 0 Å². The second kappa shape index (κ2) is 8.15. The fourth-order valence-electron chi connectivity index (χ4n) is 5.82. The molecule has 0 aliphatic heterocycles. The van der Waals surface area contributed by atoms with Crippen molar-refractivity contribution in [2.75, 3.05) is 0 Å². The van der Waals surface area contributed by atoms with E-state index < -0.39 is 0 Å². The molecule has 4 aromatic heterocycles. The van der Waals surface area contributed by atoms with Crippen LogP contribution in [-0.2, 0) is 0 Å². The Kier molecular flexibility index (Phi) is 4.49. The van der Waals surface area contributed by atoms with Crippen molar-refractivity contribution in [3.05, 3.63) is 134 Å². The van der Waals surface area contributed by atoms with Crippen LogP contribution < -0.4 is 0 Å². The molecule has 0 aliphatic carbocycles. The third kappa shape index (κ3) is 2.98. The van der Waals surface area contributed by atoms with Crippen molar-refractivity contribution in [3.63, 3.8) is 0 Å². The Morgan fingerprint density at radius 2 is 1.05 bits per heavy atom. The summed E-state index contributed by atoms with van der Waals surface area (Å²) in [6.07, 6.45) is 5.75. The number of hydrogen-bond acceptors (Lipinski definition) is 2. The molecule has 0 saturated heterocycles. The van der Waals surface area contributed by atoms with E-state index in [1.54, 1.807) is 0 Å².